The number of benzene rings is 1. The fraction of sp³-hybridized carbons (Fsp3) is 0.500. The van der Waals surface area contributed by atoms with Crippen LogP contribution in [-0.2, 0) is 4.79 Å². The summed E-state index contributed by atoms with van der Waals surface area (Å²) in [6, 6.07) is 3.07. The van der Waals surface area contributed by atoms with Gasteiger partial charge in [0.25, 0.3) is 5.91 Å². The van der Waals surface area contributed by atoms with Gasteiger partial charge in [-0.05, 0) is 12.8 Å². The Balaban J connectivity index is 1.79. The highest BCUT2D eigenvalue weighted by Gasteiger charge is 2.15. The third kappa shape index (κ3) is 4.50. The molecule has 1 aliphatic carbocycles. The first-order chi connectivity index (χ1) is 9.13. The van der Waals surface area contributed by atoms with Gasteiger partial charge in [-0.1, -0.05) is 19.3 Å². The highest BCUT2D eigenvalue weighted by atomic mass is 19.1. The summed E-state index contributed by atoms with van der Waals surface area (Å²) >= 11 is 0. The SMILES string of the molecule is O=C(COc1cc(F)cc(F)c1)NC1CCCCC1. The molecule has 0 atom stereocenters. The van der Waals surface area contributed by atoms with Crippen LogP contribution in [0.25, 0.3) is 0 Å². The van der Waals surface area contributed by atoms with Gasteiger partial charge in [0.05, 0.1) is 0 Å². The predicted molar refractivity (Wildman–Crippen MR) is 66.9 cm³/mol. The molecule has 2 rings (SSSR count). The van der Waals surface area contributed by atoms with E-state index in [9.17, 15) is 13.6 Å². The smallest absolute Gasteiger partial charge is 0.258 e. The third-order valence-electron chi connectivity index (χ3n) is 3.18. The summed E-state index contributed by atoms with van der Waals surface area (Å²) in [6.45, 7) is -0.223. The van der Waals surface area contributed by atoms with Crippen LogP contribution in [0.4, 0.5) is 8.78 Å². The lowest BCUT2D eigenvalue weighted by Gasteiger charge is -2.22. The van der Waals surface area contributed by atoms with Crippen molar-refractivity contribution >= 4 is 5.91 Å². The van der Waals surface area contributed by atoms with E-state index in [0.29, 0.717) is 0 Å². The van der Waals surface area contributed by atoms with Crippen LogP contribution in [0.2, 0.25) is 0 Å². The van der Waals surface area contributed by atoms with E-state index in [1.165, 1.54) is 6.42 Å². The van der Waals surface area contributed by atoms with Crippen molar-refractivity contribution in [2.24, 2.45) is 0 Å². The molecule has 0 bridgehead atoms. The molecule has 1 N–H and O–H groups in total. The topological polar surface area (TPSA) is 38.3 Å². The number of halogens is 2. The van der Waals surface area contributed by atoms with E-state index in [0.717, 1.165) is 43.9 Å². The van der Waals surface area contributed by atoms with E-state index in [1.54, 1.807) is 0 Å². The Morgan fingerprint density at radius 1 is 1.16 bits per heavy atom. The Bertz CT molecular complexity index is 425. The number of carbonyl (C=O) groups is 1. The highest BCUT2D eigenvalue weighted by molar-refractivity contribution is 5.77. The molecule has 0 saturated heterocycles. The Kier molecular flexibility index (Phi) is 4.71. The van der Waals surface area contributed by atoms with Crippen molar-refractivity contribution in [1.29, 1.82) is 0 Å². The number of hydrogen-bond acceptors (Lipinski definition) is 2. The monoisotopic (exact) mass is 269 g/mol. The van der Waals surface area contributed by atoms with E-state index >= 15 is 0 Å². The molecule has 5 heteroatoms. The van der Waals surface area contributed by atoms with Crippen molar-refractivity contribution in [2.45, 2.75) is 38.1 Å². The second-order valence-corrected chi connectivity index (χ2v) is 4.80. The summed E-state index contributed by atoms with van der Waals surface area (Å²) in [7, 11) is 0. The van der Waals surface area contributed by atoms with Crippen LogP contribution in [-0.4, -0.2) is 18.6 Å². The average molecular weight is 269 g/mol. The van der Waals surface area contributed by atoms with Crippen LogP contribution in [0.15, 0.2) is 18.2 Å². The summed E-state index contributed by atoms with van der Waals surface area (Å²) in [5.74, 6) is -1.67. The fourth-order valence-electron chi connectivity index (χ4n) is 2.28. The van der Waals surface area contributed by atoms with Gasteiger partial charge in [-0.2, -0.15) is 0 Å². The number of hydrogen-bond donors (Lipinski definition) is 1. The van der Waals surface area contributed by atoms with Gasteiger partial charge in [0.2, 0.25) is 0 Å². The first-order valence-corrected chi connectivity index (χ1v) is 6.52. The largest absolute Gasteiger partial charge is 0.484 e. The van der Waals surface area contributed by atoms with Crippen molar-refractivity contribution in [1.82, 2.24) is 5.32 Å². The molecular weight excluding hydrogens is 252 g/mol. The van der Waals surface area contributed by atoms with Gasteiger partial charge >= 0.3 is 0 Å². The van der Waals surface area contributed by atoms with Crippen LogP contribution >= 0.6 is 0 Å². The maximum atomic E-state index is 12.9. The van der Waals surface area contributed by atoms with Crippen LogP contribution in [0.1, 0.15) is 32.1 Å². The van der Waals surface area contributed by atoms with Gasteiger partial charge in [-0.25, -0.2) is 8.78 Å². The Morgan fingerprint density at radius 2 is 1.79 bits per heavy atom. The van der Waals surface area contributed by atoms with Crippen molar-refractivity contribution in [2.75, 3.05) is 6.61 Å². The second-order valence-electron chi connectivity index (χ2n) is 4.80. The van der Waals surface area contributed by atoms with Crippen LogP contribution < -0.4 is 10.1 Å². The molecule has 0 heterocycles. The van der Waals surface area contributed by atoms with Crippen molar-refractivity contribution in [3.8, 4) is 5.75 Å². The summed E-state index contributed by atoms with van der Waals surface area (Å²) in [5.41, 5.74) is 0. The van der Waals surface area contributed by atoms with Crippen LogP contribution in [0.5, 0.6) is 5.75 Å². The van der Waals surface area contributed by atoms with Crippen molar-refractivity contribution < 1.29 is 18.3 Å². The average Bonchev–Trinajstić information content (AvgIpc) is 2.36. The standard InChI is InChI=1S/C14H17F2NO2/c15-10-6-11(16)8-13(7-10)19-9-14(18)17-12-4-2-1-3-5-12/h6-8,12H,1-5,9H2,(H,17,18). The molecule has 1 saturated carbocycles. The number of ether oxygens (including phenoxy) is 1. The summed E-state index contributed by atoms with van der Waals surface area (Å²) in [6.07, 6.45) is 5.44. The van der Waals surface area contributed by atoms with Gasteiger partial charge in [0.1, 0.15) is 17.4 Å². The molecule has 0 aromatic heterocycles. The van der Waals surface area contributed by atoms with E-state index in [4.69, 9.17) is 4.74 Å². The van der Waals surface area contributed by atoms with Gasteiger partial charge in [-0.3, -0.25) is 4.79 Å². The first kappa shape index (κ1) is 13.8. The molecule has 1 aliphatic rings. The normalized spacial score (nSPS) is 16.1. The molecule has 1 amide bonds. The minimum absolute atomic E-state index is 0.0243. The zero-order valence-electron chi connectivity index (χ0n) is 10.6. The van der Waals surface area contributed by atoms with E-state index < -0.39 is 11.6 Å². The predicted octanol–water partition coefficient (Wildman–Crippen LogP) is 2.79. The highest BCUT2D eigenvalue weighted by Crippen LogP contribution is 2.18. The summed E-state index contributed by atoms with van der Waals surface area (Å²) < 4.78 is 30.9. The zero-order valence-corrected chi connectivity index (χ0v) is 10.6. The van der Waals surface area contributed by atoms with Crippen LogP contribution in [0.3, 0.4) is 0 Å². The quantitative estimate of drug-likeness (QED) is 0.912. The van der Waals surface area contributed by atoms with Crippen molar-refractivity contribution in [3.63, 3.8) is 0 Å². The lowest BCUT2D eigenvalue weighted by Crippen LogP contribution is -2.38. The lowest BCUT2D eigenvalue weighted by atomic mass is 9.95. The van der Waals surface area contributed by atoms with E-state index in [-0.39, 0.29) is 24.3 Å². The van der Waals surface area contributed by atoms with Gasteiger partial charge in [-0.15, -0.1) is 0 Å². The molecule has 104 valence electrons. The summed E-state index contributed by atoms with van der Waals surface area (Å²) in [4.78, 5) is 11.6. The molecule has 0 radical (unpaired) electrons. The maximum Gasteiger partial charge on any atom is 0.258 e. The Labute approximate surface area is 111 Å². The Morgan fingerprint density at radius 3 is 2.42 bits per heavy atom. The van der Waals surface area contributed by atoms with Gasteiger partial charge < -0.3 is 10.1 Å². The maximum absolute atomic E-state index is 12.9. The van der Waals surface area contributed by atoms with E-state index in [1.807, 2.05) is 0 Å². The molecule has 1 aromatic rings. The van der Waals surface area contributed by atoms with Gasteiger partial charge in [0.15, 0.2) is 6.61 Å². The molecular formula is C14H17F2NO2. The van der Waals surface area contributed by atoms with Crippen LogP contribution in [0, 0.1) is 11.6 Å². The first-order valence-electron chi connectivity index (χ1n) is 6.52. The third-order valence-corrected chi connectivity index (χ3v) is 3.18. The van der Waals surface area contributed by atoms with E-state index in [2.05, 4.69) is 5.32 Å². The number of amides is 1. The summed E-state index contributed by atoms with van der Waals surface area (Å²) in [5, 5.41) is 2.87. The number of rotatable bonds is 4. The van der Waals surface area contributed by atoms with Crippen molar-refractivity contribution in [3.05, 3.63) is 29.8 Å². The molecule has 3 nitrogen and oxygen atoms in total. The number of carbonyl (C=O) groups excluding carboxylic acids is 1. The minimum atomic E-state index is -0.720. The zero-order chi connectivity index (χ0) is 13.7. The van der Waals surface area contributed by atoms with Gasteiger partial charge in [0, 0.05) is 24.2 Å². The molecule has 19 heavy (non-hydrogen) atoms. The molecule has 0 aliphatic heterocycles. The molecule has 1 fully saturated rings. The number of nitrogens with one attached hydrogen (secondary N) is 1. The second kappa shape index (κ2) is 6.50. The molecule has 0 unspecified atom stereocenters. The Hall–Kier alpha value is -1.65. The lowest BCUT2D eigenvalue weighted by molar-refractivity contribution is -0.124. The molecule has 0 spiro atoms. The molecule has 1 aromatic carbocycles. The fourth-order valence-corrected chi connectivity index (χ4v) is 2.28. The minimum Gasteiger partial charge on any atom is -0.484 e.